The van der Waals surface area contributed by atoms with E-state index < -0.39 is 30.8 Å². The first kappa shape index (κ1) is 24.4. The smallest absolute Gasteiger partial charge is 0.426 e. The second-order valence-corrected chi connectivity index (χ2v) is 8.01. The third-order valence-electron chi connectivity index (χ3n) is 5.06. The molecule has 0 aliphatic rings. The molecule has 0 heterocycles. The van der Waals surface area contributed by atoms with Crippen molar-refractivity contribution < 1.29 is 24.0 Å². The van der Waals surface area contributed by atoms with E-state index in [0.717, 1.165) is 0 Å². The van der Waals surface area contributed by atoms with E-state index in [1.165, 1.54) is 24.3 Å². The number of nitrogens with one attached hydrogen (secondary N) is 2. The number of hydrogen-bond donors (Lipinski definition) is 4. The van der Waals surface area contributed by atoms with Crippen molar-refractivity contribution >= 4 is 30.5 Å². The molecule has 0 saturated carbocycles. The highest BCUT2D eigenvalue weighted by molar-refractivity contribution is 6.43. The van der Waals surface area contributed by atoms with Crippen molar-refractivity contribution in [2.45, 2.75) is 24.8 Å². The van der Waals surface area contributed by atoms with Crippen LogP contribution in [0.1, 0.15) is 33.9 Å². The van der Waals surface area contributed by atoms with Gasteiger partial charge in [-0.05, 0) is 53.9 Å². The molecule has 2 amide bonds. The molecule has 0 fully saturated rings. The summed E-state index contributed by atoms with van der Waals surface area (Å²) in [4.78, 5) is 25.5. The van der Waals surface area contributed by atoms with Crippen LogP contribution < -0.4 is 10.6 Å². The van der Waals surface area contributed by atoms with Crippen LogP contribution in [0.5, 0.6) is 0 Å². The Morgan fingerprint density at radius 3 is 2.27 bits per heavy atom. The number of halogens is 2. The number of rotatable bonds is 9. The molecule has 2 atom stereocenters. The Bertz CT molecular complexity index is 1080. The van der Waals surface area contributed by atoms with Crippen LogP contribution >= 0.6 is 11.6 Å². The molecule has 3 rings (SSSR count). The molecule has 0 aliphatic heterocycles. The molecule has 0 spiro atoms. The molecule has 4 N–H and O–H groups in total. The molecule has 33 heavy (non-hydrogen) atoms. The molecule has 3 aromatic carbocycles. The molecule has 0 aliphatic carbocycles. The summed E-state index contributed by atoms with van der Waals surface area (Å²) in [6.07, 6.45) is -0.0759. The van der Waals surface area contributed by atoms with Crippen molar-refractivity contribution in [2.75, 3.05) is 0 Å². The Hall–Kier alpha value is -3.20. The number of carbonyl (C=O) groups excluding carboxylic acids is 2. The summed E-state index contributed by atoms with van der Waals surface area (Å²) in [5.74, 6) is -2.30. The van der Waals surface area contributed by atoms with Crippen molar-refractivity contribution in [2.24, 2.45) is 0 Å². The van der Waals surface area contributed by atoms with Crippen molar-refractivity contribution in [3.8, 4) is 0 Å². The van der Waals surface area contributed by atoms with E-state index in [0.29, 0.717) is 21.7 Å². The van der Waals surface area contributed by atoms with Gasteiger partial charge in [-0.2, -0.15) is 0 Å². The van der Waals surface area contributed by atoms with Gasteiger partial charge in [0.1, 0.15) is 5.82 Å². The monoisotopic (exact) mass is 468 g/mol. The number of amides is 2. The third kappa shape index (κ3) is 7.42. The Balaban J connectivity index is 1.73. The molecule has 0 radical (unpaired) electrons. The summed E-state index contributed by atoms with van der Waals surface area (Å²) in [7, 11) is -1.83. The highest BCUT2D eigenvalue weighted by Gasteiger charge is 2.27. The number of hydrogen-bond acceptors (Lipinski definition) is 4. The maximum atomic E-state index is 13.1. The van der Waals surface area contributed by atoms with E-state index in [2.05, 4.69) is 10.6 Å². The highest BCUT2D eigenvalue weighted by Crippen LogP contribution is 2.21. The first-order valence-corrected chi connectivity index (χ1v) is 10.7. The summed E-state index contributed by atoms with van der Waals surface area (Å²) in [6, 6.07) is 20.2. The molecule has 0 saturated heterocycles. The summed E-state index contributed by atoms with van der Waals surface area (Å²) in [5.41, 5.74) is 1.69. The van der Waals surface area contributed by atoms with Crippen LogP contribution in [0.15, 0.2) is 78.9 Å². The zero-order valence-electron chi connectivity index (χ0n) is 17.6. The molecule has 2 unspecified atom stereocenters. The van der Waals surface area contributed by atoms with Crippen molar-refractivity contribution in [3.63, 3.8) is 0 Å². The van der Waals surface area contributed by atoms with Gasteiger partial charge >= 0.3 is 7.12 Å². The van der Waals surface area contributed by atoms with Crippen LogP contribution in [0.25, 0.3) is 0 Å². The molecule has 170 valence electrons. The Labute approximate surface area is 196 Å². The lowest BCUT2D eigenvalue weighted by atomic mass is 9.76. The minimum absolute atomic E-state index is 0.0852. The van der Waals surface area contributed by atoms with Gasteiger partial charge in [0.25, 0.3) is 5.91 Å². The van der Waals surface area contributed by atoms with E-state index in [1.807, 2.05) is 0 Å². The van der Waals surface area contributed by atoms with Crippen LogP contribution in [0.4, 0.5) is 4.39 Å². The Kier molecular flexibility index (Phi) is 8.60. The number of benzene rings is 3. The van der Waals surface area contributed by atoms with Gasteiger partial charge in [-0.15, -0.1) is 0 Å². The van der Waals surface area contributed by atoms with E-state index in [1.54, 1.807) is 54.6 Å². The quantitative estimate of drug-likeness (QED) is 0.363. The fourth-order valence-corrected chi connectivity index (χ4v) is 3.56. The first-order chi connectivity index (χ1) is 15.8. The predicted octanol–water partition coefficient (Wildman–Crippen LogP) is 3.08. The maximum Gasteiger partial charge on any atom is 0.475 e. The molecule has 9 heteroatoms. The van der Waals surface area contributed by atoms with Crippen molar-refractivity contribution in [1.82, 2.24) is 10.6 Å². The highest BCUT2D eigenvalue weighted by atomic mass is 35.5. The third-order valence-corrected chi connectivity index (χ3v) is 5.29. The van der Waals surface area contributed by atoms with E-state index in [4.69, 9.17) is 11.6 Å². The minimum atomic E-state index is -1.83. The standard InChI is InChI=1S/C24H23BClFN2O4/c26-19-8-4-7-18(14-19)21(28-24(31)17-5-2-1-3-6-17)15-23(30)29-22(25(32)33)13-16-9-11-20(27)12-10-16/h1-12,14,21-22,32-33H,13,15H2,(H,28,31)(H,29,30). The van der Waals surface area contributed by atoms with Gasteiger partial charge in [-0.3, -0.25) is 9.59 Å². The summed E-state index contributed by atoms with van der Waals surface area (Å²) in [6.45, 7) is 0. The number of carbonyl (C=O) groups is 2. The van der Waals surface area contributed by atoms with Crippen LogP contribution in [0, 0.1) is 5.82 Å². The van der Waals surface area contributed by atoms with Gasteiger partial charge in [0, 0.05) is 10.6 Å². The zero-order chi connectivity index (χ0) is 23.8. The van der Waals surface area contributed by atoms with Crippen LogP contribution in [0.3, 0.4) is 0 Å². The van der Waals surface area contributed by atoms with Gasteiger partial charge in [0.05, 0.1) is 18.4 Å². The lowest BCUT2D eigenvalue weighted by molar-refractivity contribution is -0.122. The summed E-state index contributed by atoms with van der Waals surface area (Å²) >= 11 is 6.10. The average Bonchev–Trinajstić information content (AvgIpc) is 2.80. The van der Waals surface area contributed by atoms with Gasteiger partial charge in [-0.1, -0.05) is 54.1 Å². The molecule has 3 aromatic rings. The Morgan fingerprint density at radius 2 is 1.64 bits per heavy atom. The predicted molar refractivity (Wildman–Crippen MR) is 125 cm³/mol. The SMILES string of the molecule is O=C(CC(NC(=O)c1ccccc1)c1cccc(Cl)c1)NC(Cc1ccc(F)cc1)B(O)O. The molecule has 0 aromatic heterocycles. The molecular formula is C24H23BClFN2O4. The van der Waals surface area contributed by atoms with Crippen molar-refractivity contribution in [3.05, 3.63) is 106 Å². The van der Waals surface area contributed by atoms with Crippen LogP contribution in [-0.4, -0.2) is 34.9 Å². The lowest BCUT2D eigenvalue weighted by Crippen LogP contribution is -2.48. The molecular weight excluding hydrogens is 446 g/mol. The topological polar surface area (TPSA) is 98.7 Å². The summed E-state index contributed by atoms with van der Waals surface area (Å²) < 4.78 is 13.1. The van der Waals surface area contributed by atoms with E-state index in [-0.39, 0.29) is 18.7 Å². The van der Waals surface area contributed by atoms with Crippen molar-refractivity contribution in [1.29, 1.82) is 0 Å². The fourth-order valence-electron chi connectivity index (χ4n) is 3.36. The van der Waals surface area contributed by atoms with Gasteiger partial charge in [0.2, 0.25) is 5.91 Å². The minimum Gasteiger partial charge on any atom is -0.426 e. The van der Waals surface area contributed by atoms with E-state index >= 15 is 0 Å². The lowest BCUT2D eigenvalue weighted by Gasteiger charge is -2.22. The van der Waals surface area contributed by atoms with E-state index in [9.17, 15) is 24.0 Å². The fraction of sp³-hybridized carbons (Fsp3) is 0.167. The molecule has 6 nitrogen and oxygen atoms in total. The second kappa shape index (κ2) is 11.6. The largest absolute Gasteiger partial charge is 0.475 e. The maximum absolute atomic E-state index is 13.1. The average molecular weight is 469 g/mol. The van der Waals surface area contributed by atoms with Gasteiger partial charge in [-0.25, -0.2) is 4.39 Å². The van der Waals surface area contributed by atoms with Crippen LogP contribution in [-0.2, 0) is 11.2 Å². The zero-order valence-corrected chi connectivity index (χ0v) is 18.4. The van der Waals surface area contributed by atoms with Crippen LogP contribution in [0.2, 0.25) is 5.02 Å². The normalized spacial score (nSPS) is 12.5. The molecule has 0 bridgehead atoms. The second-order valence-electron chi connectivity index (χ2n) is 7.57. The first-order valence-electron chi connectivity index (χ1n) is 10.3. The summed E-state index contributed by atoms with van der Waals surface area (Å²) in [5, 5.41) is 25.4. The Morgan fingerprint density at radius 1 is 0.939 bits per heavy atom. The van der Waals surface area contributed by atoms with Gasteiger partial charge < -0.3 is 20.7 Å². The van der Waals surface area contributed by atoms with Gasteiger partial charge in [0.15, 0.2) is 0 Å².